The van der Waals surface area contributed by atoms with E-state index in [1.165, 1.54) is 0 Å². The molecule has 0 bridgehead atoms. The molecule has 1 aromatic heterocycles. The molecule has 1 N–H and O–H groups in total. The molecule has 22 heavy (non-hydrogen) atoms. The maximum absolute atomic E-state index is 12.3. The number of benzene rings is 1. The third-order valence-electron chi connectivity index (χ3n) is 3.43. The van der Waals surface area contributed by atoms with Crippen LogP contribution in [0.1, 0.15) is 4.88 Å². The van der Waals surface area contributed by atoms with E-state index in [1.807, 2.05) is 47.8 Å². The monoisotopic (exact) mass is 314 g/mol. The zero-order valence-corrected chi connectivity index (χ0v) is 13.0. The van der Waals surface area contributed by atoms with Crippen LogP contribution in [-0.4, -0.2) is 37.1 Å². The Kier molecular flexibility index (Phi) is 4.88. The van der Waals surface area contributed by atoms with Gasteiger partial charge in [0.15, 0.2) is 0 Å². The maximum atomic E-state index is 12.3. The number of rotatable bonds is 4. The Labute approximate surface area is 134 Å². The standard InChI is InChI=1S/C17H18N2O2S/c20-17(18-14-5-2-1-3-6-14)13-15(16-7-4-12-22-16)19-8-10-21-11-9-19/h1-7,12-13H,8-11H2,(H,18,20). The number of carbonyl (C=O) groups excluding carboxylic acids is 1. The second kappa shape index (κ2) is 7.24. The van der Waals surface area contributed by atoms with Gasteiger partial charge in [-0.1, -0.05) is 24.3 Å². The minimum absolute atomic E-state index is 0.110. The lowest BCUT2D eigenvalue weighted by molar-refractivity contribution is -0.111. The zero-order chi connectivity index (χ0) is 15.2. The van der Waals surface area contributed by atoms with E-state index in [4.69, 9.17) is 4.74 Å². The largest absolute Gasteiger partial charge is 0.378 e. The molecule has 1 aromatic carbocycles. The van der Waals surface area contributed by atoms with Gasteiger partial charge in [0.25, 0.3) is 0 Å². The summed E-state index contributed by atoms with van der Waals surface area (Å²) in [6.07, 6.45) is 1.68. The van der Waals surface area contributed by atoms with Crippen molar-refractivity contribution in [2.75, 3.05) is 31.6 Å². The Morgan fingerprint density at radius 2 is 1.91 bits per heavy atom. The van der Waals surface area contributed by atoms with Crippen molar-refractivity contribution in [3.63, 3.8) is 0 Å². The van der Waals surface area contributed by atoms with Crippen LogP contribution in [0.4, 0.5) is 5.69 Å². The molecule has 2 heterocycles. The van der Waals surface area contributed by atoms with Gasteiger partial charge in [0, 0.05) is 24.9 Å². The number of hydrogen-bond acceptors (Lipinski definition) is 4. The predicted octanol–water partition coefficient (Wildman–Crippen LogP) is 3.06. The number of carbonyl (C=O) groups is 1. The number of para-hydroxylation sites is 1. The van der Waals surface area contributed by atoms with E-state index in [0.29, 0.717) is 13.2 Å². The lowest BCUT2D eigenvalue weighted by atomic mass is 10.2. The molecule has 3 rings (SSSR count). The van der Waals surface area contributed by atoms with Gasteiger partial charge < -0.3 is 15.0 Å². The van der Waals surface area contributed by atoms with Crippen LogP contribution in [0.2, 0.25) is 0 Å². The van der Waals surface area contributed by atoms with Crippen molar-refractivity contribution in [1.82, 2.24) is 4.90 Å². The molecular formula is C17H18N2O2S. The second-order valence-corrected chi connectivity index (χ2v) is 5.91. The average molecular weight is 314 g/mol. The highest BCUT2D eigenvalue weighted by molar-refractivity contribution is 7.11. The summed E-state index contributed by atoms with van der Waals surface area (Å²) in [5, 5.41) is 4.93. The number of anilines is 1. The van der Waals surface area contributed by atoms with Gasteiger partial charge >= 0.3 is 0 Å². The summed E-state index contributed by atoms with van der Waals surface area (Å²) >= 11 is 1.64. The molecule has 114 valence electrons. The maximum Gasteiger partial charge on any atom is 0.250 e. The highest BCUT2D eigenvalue weighted by atomic mass is 32.1. The molecule has 1 aliphatic heterocycles. The first kappa shape index (κ1) is 14.8. The molecular weight excluding hydrogens is 296 g/mol. The van der Waals surface area contributed by atoms with Crippen LogP contribution in [-0.2, 0) is 9.53 Å². The summed E-state index contributed by atoms with van der Waals surface area (Å²) in [7, 11) is 0. The molecule has 1 aliphatic rings. The molecule has 1 fully saturated rings. The number of morpholine rings is 1. The summed E-state index contributed by atoms with van der Waals surface area (Å²) < 4.78 is 5.40. The Morgan fingerprint density at radius 1 is 1.14 bits per heavy atom. The molecule has 0 spiro atoms. The predicted molar refractivity (Wildman–Crippen MR) is 89.8 cm³/mol. The van der Waals surface area contributed by atoms with Crippen LogP contribution in [0.15, 0.2) is 53.9 Å². The Morgan fingerprint density at radius 3 is 2.59 bits per heavy atom. The highest BCUT2D eigenvalue weighted by Crippen LogP contribution is 2.25. The van der Waals surface area contributed by atoms with E-state index in [2.05, 4.69) is 10.2 Å². The molecule has 0 saturated carbocycles. The van der Waals surface area contributed by atoms with Gasteiger partial charge in [0.05, 0.1) is 23.8 Å². The lowest BCUT2D eigenvalue weighted by Gasteiger charge is -2.30. The lowest BCUT2D eigenvalue weighted by Crippen LogP contribution is -2.35. The number of nitrogens with one attached hydrogen (secondary N) is 1. The van der Waals surface area contributed by atoms with Crippen LogP contribution < -0.4 is 5.32 Å². The van der Waals surface area contributed by atoms with Crippen LogP contribution in [0.5, 0.6) is 0 Å². The molecule has 5 heteroatoms. The summed E-state index contributed by atoms with van der Waals surface area (Å²) in [4.78, 5) is 15.6. The fourth-order valence-electron chi connectivity index (χ4n) is 2.37. The highest BCUT2D eigenvalue weighted by Gasteiger charge is 2.17. The summed E-state index contributed by atoms with van der Waals surface area (Å²) in [6, 6.07) is 13.5. The van der Waals surface area contributed by atoms with E-state index >= 15 is 0 Å². The molecule has 0 unspecified atom stereocenters. The number of nitrogens with zero attached hydrogens (tertiary/aromatic N) is 1. The van der Waals surface area contributed by atoms with Crippen molar-refractivity contribution >= 4 is 28.6 Å². The van der Waals surface area contributed by atoms with Gasteiger partial charge in [-0.15, -0.1) is 11.3 Å². The topological polar surface area (TPSA) is 41.6 Å². The van der Waals surface area contributed by atoms with Crippen molar-refractivity contribution in [3.05, 3.63) is 58.8 Å². The molecule has 0 radical (unpaired) electrons. The number of hydrogen-bond donors (Lipinski definition) is 1. The Bertz CT molecular complexity index is 632. The van der Waals surface area contributed by atoms with Crippen molar-refractivity contribution in [2.24, 2.45) is 0 Å². The minimum atomic E-state index is -0.110. The zero-order valence-electron chi connectivity index (χ0n) is 12.2. The van der Waals surface area contributed by atoms with Crippen LogP contribution in [0, 0.1) is 0 Å². The van der Waals surface area contributed by atoms with Crippen molar-refractivity contribution in [2.45, 2.75) is 0 Å². The normalized spacial score (nSPS) is 15.6. The second-order valence-electron chi connectivity index (χ2n) is 4.96. The van der Waals surface area contributed by atoms with E-state index in [-0.39, 0.29) is 5.91 Å². The molecule has 1 saturated heterocycles. The third-order valence-corrected chi connectivity index (χ3v) is 4.33. The van der Waals surface area contributed by atoms with Gasteiger partial charge in [0.1, 0.15) is 0 Å². The minimum Gasteiger partial charge on any atom is -0.378 e. The van der Waals surface area contributed by atoms with Gasteiger partial charge in [-0.25, -0.2) is 0 Å². The SMILES string of the molecule is O=C(C=C(c1cccs1)N1CCOCC1)Nc1ccccc1. The third kappa shape index (κ3) is 3.75. The molecule has 4 nitrogen and oxygen atoms in total. The van der Waals surface area contributed by atoms with Gasteiger partial charge in [-0.05, 0) is 23.6 Å². The quantitative estimate of drug-likeness (QED) is 0.882. The van der Waals surface area contributed by atoms with Crippen molar-refractivity contribution in [1.29, 1.82) is 0 Å². The first-order valence-electron chi connectivity index (χ1n) is 7.27. The van der Waals surface area contributed by atoms with Crippen LogP contribution >= 0.6 is 11.3 Å². The first-order valence-corrected chi connectivity index (χ1v) is 8.15. The van der Waals surface area contributed by atoms with Gasteiger partial charge in [-0.3, -0.25) is 4.79 Å². The number of thiophene rings is 1. The summed E-state index contributed by atoms with van der Waals surface area (Å²) in [6.45, 7) is 3.01. The van der Waals surface area contributed by atoms with Crippen molar-refractivity contribution < 1.29 is 9.53 Å². The summed E-state index contributed by atoms with van der Waals surface area (Å²) in [5.41, 5.74) is 1.77. The van der Waals surface area contributed by atoms with E-state index in [1.54, 1.807) is 17.4 Å². The molecule has 2 aromatic rings. The van der Waals surface area contributed by atoms with Crippen LogP contribution in [0.3, 0.4) is 0 Å². The van der Waals surface area contributed by atoms with Gasteiger partial charge in [0.2, 0.25) is 5.91 Å². The smallest absolute Gasteiger partial charge is 0.250 e. The average Bonchev–Trinajstić information content (AvgIpc) is 3.08. The Hall–Kier alpha value is -2.11. The Balaban J connectivity index is 1.80. The molecule has 0 aliphatic carbocycles. The first-order chi connectivity index (χ1) is 10.8. The molecule has 0 atom stereocenters. The fourth-order valence-corrected chi connectivity index (χ4v) is 3.14. The van der Waals surface area contributed by atoms with Gasteiger partial charge in [-0.2, -0.15) is 0 Å². The van der Waals surface area contributed by atoms with E-state index in [9.17, 15) is 4.79 Å². The molecule has 1 amide bonds. The summed E-state index contributed by atoms with van der Waals surface area (Å²) in [5.74, 6) is -0.110. The fraction of sp³-hybridized carbons (Fsp3) is 0.235. The van der Waals surface area contributed by atoms with E-state index in [0.717, 1.165) is 29.4 Å². The van der Waals surface area contributed by atoms with E-state index < -0.39 is 0 Å². The van der Waals surface area contributed by atoms with Crippen LogP contribution in [0.25, 0.3) is 5.70 Å². The van der Waals surface area contributed by atoms with Crippen molar-refractivity contribution in [3.8, 4) is 0 Å². The number of ether oxygens (including phenoxy) is 1. The number of amides is 1.